The lowest BCUT2D eigenvalue weighted by molar-refractivity contribution is 0.282. The summed E-state index contributed by atoms with van der Waals surface area (Å²) in [5, 5.41) is 14.2. The summed E-state index contributed by atoms with van der Waals surface area (Å²) in [5.41, 5.74) is 4.25. The first-order valence-corrected chi connectivity index (χ1v) is 8.59. The van der Waals surface area contributed by atoms with Crippen LogP contribution in [0.5, 0.6) is 0 Å². The lowest BCUT2D eigenvalue weighted by atomic mass is 10.1. The van der Waals surface area contributed by atoms with Gasteiger partial charge in [0.25, 0.3) is 0 Å². The number of rotatable bonds is 4. The second-order valence-electron chi connectivity index (χ2n) is 5.92. The lowest BCUT2D eigenvalue weighted by Gasteiger charge is -2.09. The summed E-state index contributed by atoms with van der Waals surface area (Å²) in [6.07, 6.45) is 1.74. The molecule has 0 amide bonds. The normalized spacial score (nSPS) is 10.8. The molecule has 0 saturated carbocycles. The zero-order valence-electron chi connectivity index (χ0n) is 13.9. The number of aromatic nitrogens is 2. The second-order valence-corrected chi connectivity index (χ2v) is 6.33. The van der Waals surface area contributed by atoms with Gasteiger partial charge in [0.05, 0.1) is 24.0 Å². The van der Waals surface area contributed by atoms with E-state index in [1.54, 1.807) is 6.20 Å². The van der Waals surface area contributed by atoms with Gasteiger partial charge in [0.15, 0.2) is 0 Å². The molecule has 0 aliphatic heterocycles. The summed E-state index contributed by atoms with van der Waals surface area (Å²) in [5.74, 6) is 0.722. The first kappa shape index (κ1) is 16.5. The molecule has 5 heteroatoms. The van der Waals surface area contributed by atoms with Gasteiger partial charge in [-0.25, -0.2) is 9.97 Å². The molecule has 0 aliphatic rings. The van der Waals surface area contributed by atoms with Crippen molar-refractivity contribution in [2.75, 3.05) is 5.32 Å². The minimum absolute atomic E-state index is 0.00934. The molecule has 2 aromatic heterocycles. The highest BCUT2D eigenvalue weighted by Crippen LogP contribution is 2.28. The van der Waals surface area contributed by atoms with Crippen LogP contribution in [0.3, 0.4) is 0 Å². The van der Waals surface area contributed by atoms with Crippen LogP contribution in [-0.4, -0.2) is 15.1 Å². The fourth-order valence-electron chi connectivity index (χ4n) is 2.81. The third-order valence-corrected chi connectivity index (χ3v) is 4.44. The predicted octanol–water partition coefficient (Wildman–Crippen LogP) is 5.19. The first-order valence-electron chi connectivity index (χ1n) is 8.21. The van der Waals surface area contributed by atoms with Gasteiger partial charge in [-0.15, -0.1) is 0 Å². The number of fused-ring (bicyclic) bond motifs is 1. The molecule has 0 fully saturated rings. The van der Waals surface area contributed by atoms with E-state index in [0.29, 0.717) is 5.02 Å². The third-order valence-electron chi connectivity index (χ3n) is 4.11. The van der Waals surface area contributed by atoms with Crippen LogP contribution in [-0.2, 0) is 6.61 Å². The largest absolute Gasteiger partial charge is 0.392 e. The molecule has 128 valence electrons. The Bertz CT molecular complexity index is 1080. The number of aliphatic hydroxyl groups is 1. The predicted molar refractivity (Wildman–Crippen MR) is 106 cm³/mol. The van der Waals surface area contributed by atoms with Crippen molar-refractivity contribution in [1.82, 2.24) is 9.97 Å². The summed E-state index contributed by atoms with van der Waals surface area (Å²) in [4.78, 5) is 9.12. The Kier molecular flexibility index (Phi) is 4.52. The molecule has 2 aromatic carbocycles. The number of hydrogen-bond donors (Lipinski definition) is 2. The van der Waals surface area contributed by atoms with E-state index in [-0.39, 0.29) is 6.61 Å². The van der Waals surface area contributed by atoms with Gasteiger partial charge >= 0.3 is 0 Å². The topological polar surface area (TPSA) is 58.0 Å². The Balaban J connectivity index is 1.66. The molecule has 2 N–H and O–H groups in total. The standard InChI is InChI=1S/C21H16ClN3O/c22-18-7-2-1-6-17(18)19-9-8-15-11-21(23-12-20(15)25-19)24-16-5-3-4-14(10-16)13-26/h1-12,26H,13H2,(H,23,24). The SMILES string of the molecule is OCc1cccc(Nc2cc3ccc(-c4ccccc4Cl)nc3cn2)c1. The minimum Gasteiger partial charge on any atom is -0.392 e. The summed E-state index contributed by atoms with van der Waals surface area (Å²) in [6, 6.07) is 21.2. The highest BCUT2D eigenvalue weighted by Gasteiger charge is 2.06. The number of benzene rings is 2. The number of hydrogen-bond acceptors (Lipinski definition) is 4. The van der Waals surface area contributed by atoms with Gasteiger partial charge in [-0.3, -0.25) is 0 Å². The van der Waals surface area contributed by atoms with Gasteiger partial charge < -0.3 is 10.4 Å². The summed E-state index contributed by atoms with van der Waals surface area (Å²) in [7, 11) is 0. The molecule has 4 aromatic rings. The number of nitrogens with zero attached hydrogens (tertiary/aromatic N) is 2. The highest BCUT2D eigenvalue weighted by molar-refractivity contribution is 6.33. The Morgan fingerprint density at radius 2 is 1.85 bits per heavy atom. The van der Waals surface area contributed by atoms with E-state index in [1.807, 2.05) is 66.7 Å². The number of aliphatic hydroxyl groups excluding tert-OH is 1. The van der Waals surface area contributed by atoms with E-state index in [1.165, 1.54) is 0 Å². The molecule has 4 rings (SSSR count). The maximum atomic E-state index is 9.25. The van der Waals surface area contributed by atoms with Crippen LogP contribution in [0.2, 0.25) is 5.02 Å². The molecule has 26 heavy (non-hydrogen) atoms. The Morgan fingerprint density at radius 1 is 0.962 bits per heavy atom. The van der Waals surface area contributed by atoms with Crippen molar-refractivity contribution in [2.24, 2.45) is 0 Å². The Hall–Kier alpha value is -2.95. The van der Waals surface area contributed by atoms with Crippen LogP contribution < -0.4 is 5.32 Å². The van der Waals surface area contributed by atoms with Crippen LogP contribution >= 0.6 is 11.6 Å². The van der Waals surface area contributed by atoms with Crippen LogP contribution in [0.25, 0.3) is 22.2 Å². The van der Waals surface area contributed by atoms with Gasteiger partial charge in [-0.2, -0.15) is 0 Å². The van der Waals surface area contributed by atoms with Crippen molar-refractivity contribution < 1.29 is 5.11 Å². The average molecular weight is 362 g/mol. The molecule has 0 atom stereocenters. The first-order chi connectivity index (χ1) is 12.7. The molecule has 2 heterocycles. The summed E-state index contributed by atoms with van der Waals surface area (Å²) >= 11 is 6.27. The van der Waals surface area contributed by atoms with Crippen LogP contribution in [0.15, 0.2) is 72.9 Å². The number of nitrogens with one attached hydrogen (secondary N) is 1. The molecule has 0 radical (unpaired) electrons. The van der Waals surface area contributed by atoms with Crippen LogP contribution in [0.4, 0.5) is 11.5 Å². The van der Waals surface area contributed by atoms with Gasteiger partial charge in [0.1, 0.15) is 5.82 Å². The van der Waals surface area contributed by atoms with Crippen molar-refractivity contribution >= 4 is 34.0 Å². The third kappa shape index (κ3) is 3.38. The number of halogens is 1. The molecule has 0 spiro atoms. The maximum absolute atomic E-state index is 9.25. The number of pyridine rings is 2. The minimum atomic E-state index is 0.00934. The van der Waals surface area contributed by atoms with E-state index >= 15 is 0 Å². The summed E-state index contributed by atoms with van der Waals surface area (Å²) in [6.45, 7) is 0.00934. The van der Waals surface area contributed by atoms with Gasteiger partial charge in [0, 0.05) is 21.7 Å². The number of anilines is 2. The smallest absolute Gasteiger partial charge is 0.131 e. The molecule has 0 unspecified atom stereocenters. The van der Waals surface area contributed by atoms with Crippen molar-refractivity contribution in [1.29, 1.82) is 0 Å². The molecular formula is C21H16ClN3O. The Labute approximate surface area is 156 Å². The fourth-order valence-corrected chi connectivity index (χ4v) is 3.04. The zero-order valence-corrected chi connectivity index (χ0v) is 14.6. The quantitative estimate of drug-likeness (QED) is 0.525. The monoisotopic (exact) mass is 361 g/mol. The average Bonchev–Trinajstić information content (AvgIpc) is 2.68. The fraction of sp³-hybridized carbons (Fsp3) is 0.0476. The van der Waals surface area contributed by atoms with Gasteiger partial charge in [0.2, 0.25) is 0 Å². The van der Waals surface area contributed by atoms with Crippen molar-refractivity contribution in [3.63, 3.8) is 0 Å². The van der Waals surface area contributed by atoms with Gasteiger partial charge in [-0.05, 0) is 35.9 Å². The Morgan fingerprint density at radius 3 is 2.69 bits per heavy atom. The molecule has 0 aliphatic carbocycles. The molecule has 0 bridgehead atoms. The highest BCUT2D eigenvalue weighted by atomic mass is 35.5. The zero-order chi connectivity index (χ0) is 17.9. The second kappa shape index (κ2) is 7.12. The van der Waals surface area contributed by atoms with Crippen molar-refractivity contribution in [3.05, 3.63) is 83.5 Å². The van der Waals surface area contributed by atoms with E-state index < -0.39 is 0 Å². The van der Waals surface area contributed by atoms with E-state index in [9.17, 15) is 5.11 Å². The van der Waals surface area contributed by atoms with Crippen LogP contribution in [0, 0.1) is 0 Å². The molecular weight excluding hydrogens is 346 g/mol. The van der Waals surface area contributed by atoms with Gasteiger partial charge in [-0.1, -0.05) is 48.0 Å². The van der Waals surface area contributed by atoms with Crippen molar-refractivity contribution in [2.45, 2.75) is 6.61 Å². The van der Waals surface area contributed by atoms with E-state index in [2.05, 4.69) is 15.3 Å². The van der Waals surface area contributed by atoms with E-state index in [0.717, 1.165) is 39.2 Å². The lowest BCUT2D eigenvalue weighted by Crippen LogP contribution is -1.95. The van der Waals surface area contributed by atoms with E-state index in [4.69, 9.17) is 11.6 Å². The van der Waals surface area contributed by atoms with Crippen LogP contribution in [0.1, 0.15) is 5.56 Å². The molecule has 0 saturated heterocycles. The maximum Gasteiger partial charge on any atom is 0.131 e. The van der Waals surface area contributed by atoms with Crippen molar-refractivity contribution in [3.8, 4) is 11.3 Å². The summed E-state index contributed by atoms with van der Waals surface area (Å²) < 4.78 is 0. The molecule has 4 nitrogen and oxygen atoms in total.